The van der Waals surface area contributed by atoms with Gasteiger partial charge < -0.3 is 20.5 Å². The molecule has 1 aromatic rings. The number of ether oxygens (including phenoxy) is 2. The van der Waals surface area contributed by atoms with Crippen molar-refractivity contribution in [3.8, 4) is 0 Å². The number of carbonyl (C=O) groups excluding carboxylic acids is 1. The van der Waals surface area contributed by atoms with Gasteiger partial charge in [0.2, 0.25) is 0 Å². The molecule has 0 fully saturated rings. The molecule has 1 unspecified atom stereocenters. The molecule has 0 aliphatic carbocycles. The smallest absolute Gasteiger partial charge is 0.340 e. The molecule has 1 heterocycles. The Bertz CT molecular complexity index is 410. The Morgan fingerprint density at radius 1 is 1.56 bits per heavy atom. The largest absolute Gasteiger partial charge is 0.465 e. The van der Waals surface area contributed by atoms with Crippen LogP contribution in [0.25, 0.3) is 0 Å². The van der Waals surface area contributed by atoms with Gasteiger partial charge in [-0.2, -0.15) is 0 Å². The minimum atomic E-state index is -0.439. The van der Waals surface area contributed by atoms with Crippen LogP contribution in [-0.4, -0.2) is 37.8 Å². The van der Waals surface area contributed by atoms with E-state index in [0.717, 1.165) is 6.42 Å². The molecule has 100 valence electrons. The highest BCUT2D eigenvalue weighted by Crippen LogP contribution is 2.19. The molecule has 6 nitrogen and oxygen atoms in total. The van der Waals surface area contributed by atoms with E-state index in [1.165, 1.54) is 19.4 Å². The molecule has 0 saturated carbocycles. The number of anilines is 2. The van der Waals surface area contributed by atoms with Gasteiger partial charge in [-0.05, 0) is 19.4 Å². The van der Waals surface area contributed by atoms with E-state index in [4.69, 9.17) is 15.2 Å². The fourth-order valence-corrected chi connectivity index (χ4v) is 1.50. The van der Waals surface area contributed by atoms with Crippen molar-refractivity contribution < 1.29 is 14.3 Å². The second-order valence-corrected chi connectivity index (χ2v) is 3.97. The Morgan fingerprint density at radius 3 is 2.89 bits per heavy atom. The number of aromatic nitrogens is 1. The number of methoxy groups -OCH3 is 2. The molecule has 0 spiro atoms. The topological polar surface area (TPSA) is 86.5 Å². The molecule has 0 saturated heterocycles. The van der Waals surface area contributed by atoms with Crippen molar-refractivity contribution in [3.63, 3.8) is 0 Å². The molecule has 0 amide bonds. The summed E-state index contributed by atoms with van der Waals surface area (Å²) in [6, 6.07) is 1.65. The monoisotopic (exact) mass is 253 g/mol. The van der Waals surface area contributed by atoms with E-state index in [0.29, 0.717) is 17.9 Å². The predicted molar refractivity (Wildman–Crippen MR) is 69.6 cm³/mol. The van der Waals surface area contributed by atoms with Gasteiger partial charge in [0, 0.05) is 19.8 Å². The van der Waals surface area contributed by atoms with Gasteiger partial charge in [-0.15, -0.1) is 0 Å². The lowest BCUT2D eigenvalue weighted by molar-refractivity contribution is 0.0601. The molecule has 1 aromatic heterocycles. The van der Waals surface area contributed by atoms with Gasteiger partial charge in [-0.3, -0.25) is 0 Å². The van der Waals surface area contributed by atoms with Crippen LogP contribution in [0.5, 0.6) is 0 Å². The number of nitrogens with one attached hydrogen (secondary N) is 1. The van der Waals surface area contributed by atoms with Crippen molar-refractivity contribution in [2.45, 2.75) is 19.4 Å². The molecule has 0 radical (unpaired) electrons. The second kappa shape index (κ2) is 6.80. The first kappa shape index (κ1) is 14.2. The van der Waals surface area contributed by atoms with E-state index in [-0.39, 0.29) is 11.9 Å². The molecule has 18 heavy (non-hydrogen) atoms. The van der Waals surface area contributed by atoms with Crippen LogP contribution in [0, 0.1) is 0 Å². The van der Waals surface area contributed by atoms with E-state index in [9.17, 15) is 4.79 Å². The third kappa shape index (κ3) is 3.89. The van der Waals surface area contributed by atoms with Crippen LogP contribution in [0.1, 0.15) is 23.7 Å². The SMILES string of the molecule is COCCC(C)Nc1cnc(N)cc1C(=O)OC. The summed E-state index contributed by atoms with van der Waals surface area (Å²) < 4.78 is 9.71. The number of carbonyl (C=O) groups is 1. The summed E-state index contributed by atoms with van der Waals surface area (Å²) in [5.41, 5.74) is 6.56. The Labute approximate surface area is 106 Å². The van der Waals surface area contributed by atoms with E-state index >= 15 is 0 Å². The first-order valence-electron chi connectivity index (χ1n) is 5.67. The zero-order chi connectivity index (χ0) is 13.5. The molecule has 6 heteroatoms. The summed E-state index contributed by atoms with van der Waals surface area (Å²) >= 11 is 0. The van der Waals surface area contributed by atoms with Crippen molar-refractivity contribution in [3.05, 3.63) is 17.8 Å². The van der Waals surface area contributed by atoms with E-state index in [1.807, 2.05) is 6.92 Å². The zero-order valence-corrected chi connectivity index (χ0v) is 10.9. The van der Waals surface area contributed by atoms with Crippen molar-refractivity contribution in [2.75, 3.05) is 31.9 Å². The lowest BCUT2D eigenvalue weighted by atomic mass is 10.2. The first-order valence-corrected chi connectivity index (χ1v) is 5.67. The maximum atomic E-state index is 11.6. The molecule has 1 rings (SSSR count). The van der Waals surface area contributed by atoms with Crippen LogP contribution in [0.15, 0.2) is 12.3 Å². The standard InChI is InChI=1S/C12H19N3O3/c1-8(4-5-17-2)15-10-7-14-11(13)6-9(10)12(16)18-3/h6-8,15H,4-5H2,1-3H3,(H2,13,14). The van der Waals surface area contributed by atoms with Crippen molar-refractivity contribution in [1.29, 1.82) is 0 Å². The van der Waals surface area contributed by atoms with Gasteiger partial charge in [0.05, 0.1) is 24.6 Å². The number of esters is 1. The third-order valence-electron chi connectivity index (χ3n) is 2.49. The quantitative estimate of drug-likeness (QED) is 0.743. The minimum Gasteiger partial charge on any atom is -0.465 e. The number of hydrogen-bond donors (Lipinski definition) is 2. The summed E-state index contributed by atoms with van der Waals surface area (Å²) in [6.45, 7) is 2.64. The van der Waals surface area contributed by atoms with Gasteiger partial charge in [0.1, 0.15) is 5.82 Å². The molecular formula is C12H19N3O3. The summed E-state index contributed by atoms with van der Waals surface area (Å²) in [7, 11) is 2.98. The van der Waals surface area contributed by atoms with Crippen LogP contribution >= 0.6 is 0 Å². The fraction of sp³-hybridized carbons (Fsp3) is 0.500. The highest BCUT2D eigenvalue weighted by atomic mass is 16.5. The number of rotatable bonds is 6. The van der Waals surface area contributed by atoms with E-state index in [2.05, 4.69) is 10.3 Å². The molecule has 0 aromatic carbocycles. The van der Waals surface area contributed by atoms with Crippen LogP contribution in [0.2, 0.25) is 0 Å². The lowest BCUT2D eigenvalue weighted by Crippen LogP contribution is -2.20. The Balaban J connectivity index is 2.84. The van der Waals surface area contributed by atoms with Crippen molar-refractivity contribution in [2.24, 2.45) is 0 Å². The fourth-order valence-electron chi connectivity index (χ4n) is 1.50. The summed E-state index contributed by atoms with van der Waals surface area (Å²) in [6.07, 6.45) is 2.35. The summed E-state index contributed by atoms with van der Waals surface area (Å²) in [4.78, 5) is 15.6. The van der Waals surface area contributed by atoms with E-state index in [1.54, 1.807) is 7.11 Å². The summed E-state index contributed by atoms with van der Waals surface area (Å²) in [5.74, 6) is -0.156. The van der Waals surface area contributed by atoms with Crippen molar-refractivity contribution >= 4 is 17.5 Å². The van der Waals surface area contributed by atoms with Gasteiger partial charge in [-0.1, -0.05) is 0 Å². The molecule has 0 aliphatic rings. The molecular weight excluding hydrogens is 234 g/mol. The number of nitrogens with two attached hydrogens (primary N) is 1. The number of nitrogens with zero attached hydrogens (tertiary/aromatic N) is 1. The zero-order valence-electron chi connectivity index (χ0n) is 10.9. The first-order chi connectivity index (χ1) is 8.58. The lowest BCUT2D eigenvalue weighted by Gasteiger charge is -2.16. The minimum absolute atomic E-state index is 0.152. The summed E-state index contributed by atoms with van der Waals surface area (Å²) in [5, 5.41) is 3.19. The van der Waals surface area contributed by atoms with Crippen LogP contribution in [0.4, 0.5) is 11.5 Å². The highest BCUT2D eigenvalue weighted by molar-refractivity contribution is 5.96. The van der Waals surface area contributed by atoms with Gasteiger partial charge in [-0.25, -0.2) is 9.78 Å². The number of nitrogen functional groups attached to an aromatic ring is 1. The van der Waals surface area contributed by atoms with E-state index < -0.39 is 5.97 Å². The average molecular weight is 253 g/mol. The Morgan fingerprint density at radius 2 is 2.28 bits per heavy atom. The van der Waals surface area contributed by atoms with Crippen LogP contribution in [0.3, 0.4) is 0 Å². The second-order valence-electron chi connectivity index (χ2n) is 3.97. The van der Waals surface area contributed by atoms with Crippen LogP contribution in [-0.2, 0) is 9.47 Å². The third-order valence-corrected chi connectivity index (χ3v) is 2.49. The molecule has 0 aliphatic heterocycles. The molecule has 0 bridgehead atoms. The van der Waals surface area contributed by atoms with Gasteiger partial charge in [0.15, 0.2) is 0 Å². The number of pyridine rings is 1. The highest BCUT2D eigenvalue weighted by Gasteiger charge is 2.14. The van der Waals surface area contributed by atoms with Gasteiger partial charge >= 0.3 is 5.97 Å². The number of hydrogen-bond acceptors (Lipinski definition) is 6. The maximum Gasteiger partial charge on any atom is 0.340 e. The van der Waals surface area contributed by atoms with Gasteiger partial charge in [0.25, 0.3) is 0 Å². The predicted octanol–water partition coefficient (Wildman–Crippen LogP) is 1.29. The molecule has 1 atom stereocenters. The Kier molecular flexibility index (Phi) is 5.38. The van der Waals surface area contributed by atoms with Crippen LogP contribution < -0.4 is 11.1 Å². The van der Waals surface area contributed by atoms with Crippen molar-refractivity contribution in [1.82, 2.24) is 4.98 Å². The Hall–Kier alpha value is -1.82. The normalized spacial score (nSPS) is 11.9. The molecule has 3 N–H and O–H groups in total. The average Bonchev–Trinajstić information content (AvgIpc) is 2.37. The maximum absolute atomic E-state index is 11.6.